The highest BCUT2D eigenvalue weighted by atomic mass is 79.9. The highest BCUT2D eigenvalue weighted by Gasteiger charge is 2.11. The van der Waals surface area contributed by atoms with Crippen molar-refractivity contribution in [1.29, 1.82) is 0 Å². The molecule has 0 aliphatic heterocycles. The van der Waals surface area contributed by atoms with E-state index in [-0.39, 0.29) is 10.8 Å². The monoisotopic (exact) mass is 387 g/mol. The first-order chi connectivity index (χ1) is 9.77. The van der Waals surface area contributed by atoms with Crippen LogP contribution in [0.4, 0.5) is 5.69 Å². The third kappa shape index (κ3) is 4.06. The molecule has 0 spiro atoms. The summed E-state index contributed by atoms with van der Waals surface area (Å²) in [7, 11) is 1.47. The Morgan fingerprint density at radius 3 is 2.29 bits per heavy atom. The first kappa shape index (κ1) is 16.0. The van der Waals surface area contributed by atoms with Gasteiger partial charge in [-0.05, 0) is 55.0 Å². The molecule has 0 heterocycles. The number of rotatable bonds is 3. The van der Waals surface area contributed by atoms with Crippen LogP contribution in [0.3, 0.4) is 0 Å². The van der Waals surface area contributed by atoms with Crippen LogP contribution in [0.5, 0.6) is 0 Å². The van der Waals surface area contributed by atoms with Crippen molar-refractivity contribution in [2.24, 2.45) is 0 Å². The van der Waals surface area contributed by atoms with Gasteiger partial charge in [-0.3, -0.25) is 4.79 Å². The maximum atomic E-state index is 12.1. The van der Waals surface area contributed by atoms with Gasteiger partial charge < -0.3 is 5.32 Å². The van der Waals surface area contributed by atoms with Crippen LogP contribution in [0.2, 0.25) is 0 Å². The highest BCUT2D eigenvalue weighted by molar-refractivity contribution is 9.10. The van der Waals surface area contributed by atoms with Crippen molar-refractivity contribution < 1.29 is 13.2 Å². The molecule has 0 unspecified atom stereocenters. The van der Waals surface area contributed by atoms with Gasteiger partial charge in [0.05, 0.1) is 4.90 Å². The van der Waals surface area contributed by atoms with Gasteiger partial charge in [-0.15, -0.1) is 0 Å². The largest absolute Gasteiger partial charge is 0.322 e. The Morgan fingerprint density at radius 1 is 1.14 bits per heavy atom. The number of aryl methyl sites for hydroxylation is 1. The SMILES string of the molecule is Cc1cc(C(=O)Nc2ccc(S(=O)(=O)Cl)cc2)ccc1Br. The summed E-state index contributed by atoms with van der Waals surface area (Å²) in [5, 5.41) is 2.69. The fourth-order valence-electron chi connectivity index (χ4n) is 1.69. The lowest BCUT2D eigenvalue weighted by Gasteiger charge is -2.07. The van der Waals surface area contributed by atoms with Crippen LogP contribution in [0.25, 0.3) is 0 Å². The molecule has 0 radical (unpaired) electrons. The summed E-state index contributed by atoms with van der Waals surface area (Å²) in [6.07, 6.45) is 0. The van der Waals surface area contributed by atoms with Crippen LogP contribution in [0.1, 0.15) is 15.9 Å². The van der Waals surface area contributed by atoms with Gasteiger partial charge in [0.1, 0.15) is 0 Å². The van der Waals surface area contributed by atoms with Gasteiger partial charge in [0.25, 0.3) is 15.0 Å². The maximum absolute atomic E-state index is 12.1. The number of nitrogens with one attached hydrogen (secondary N) is 1. The standard InChI is InChI=1S/C14H11BrClNO3S/c1-9-8-10(2-7-13(9)15)14(18)17-11-3-5-12(6-4-11)21(16,19)20/h2-8H,1H3,(H,17,18). The summed E-state index contributed by atoms with van der Waals surface area (Å²) < 4.78 is 23.2. The van der Waals surface area contributed by atoms with E-state index in [1.54, 1.807) is 18.2 Å². The predicted octanol–water partition coefficient (Wildman–Crippen LogP) is 3.94. The quantitative estimate of drug-likeness (QED) is 0.810. The average Bonchev–Trinajstić information content (AvgIpc) is 2.41. The average molecular weight is 389 g/mol. The number of amides is 1. The second-order valence-electron chi connectivity index (χ2n) is 4.38. The summed E-state index contributed by atoms with van der Waals surface area (Å²) in [4.78, 5) is 12.1. The van der Waals surface area contributed by atoms with Crippen LogP contribution in [-0.4, -0.2) is 14.3 Å². The van der Waals surface area contributed by atoms with Crippen LogP contribution < -0.4 is 5.32 Å². The van der Waals surface area contributed by atoms with Crippen LogP contribution >= 0.6 is 26.6 Å². The second kappa shape index (κ2) is 6.17. The van der Waals surface area contributed by atoms with Crippen molar-refractivity contribution in [2.45, 2.75) is 11.8 Å². The molecule has 0 aromatic heterocycles. The summed E-state index contributed by atoms with van der Waals surface area (Å²) in [6, 6.07) is 10.9. The Bertz CT molecular complexity index is 788. The summed E-state index contributed by atoms with van der Waals surface area (Å²) in [5.74, 6) is -0.271. The molecule has 2 rings (SSSR count). The number of hydrogen-bond acceptors (Lipinski definition) is 3. The van der Waals surface area contributed by atoms with E-state index in [9.17, 15) is 13.2 Å². The molecular formula is C14H11BrClNO3S. The maximum Gasteiger partial charge on any atom is 0.261 e. The van der Waals surface area contributed by atoms with Crippen molar-refractivity contribution in [3.63, 3.8) is 0 Å². The van der Waals surface area contributed by atoms with Gasteiger partial charge in [-0.2, -0.15) is 0 Å². The minimum atomic E-state index is -3.76. The molecule has 4 nitrogen and oxygen atoms in total. The van der Waals surface area contributed by atoms with Gasteiger partial charge >= 0.3 is 0 Å². The molecule has 0 saturated heterocycles. The molecule has 2 aromatic carbocycles. The number of hydrogen-bond donors (Lipinski definition) is 1. The van der Waals surface area contributed by atoms with E-state index in [1.165, 1.54) is 24.3 Å². The van der Waals surface area contributed by atoms with E-state index < -0.39 is 9.05 Å². The molecule has 7 heteroatoms. The fraction of sp³-hybridized carbons (Fsp3) is 0.0714. The Kier molecular flexibility index (Phi) is 4.70. The highest BCUT2D eigenvalue weighted by Crippen LogP contribution is 2.20. The zero-order valence-corrected chi connectivity index (χ0v) is 14.1. The Morgan fingerprint density at radius 2 is 1.76 bits per heavy atom. The normalized spacial score (nSPS) is 11.2. The van der Waals surface area contributed by atoms with Gasteiger partial charge in [-0.25, -0.2) is 8.42 Å². The number of carbonyl (C=O) groups is 1. The minimum Gasteiger partial charge on any atom is -0.322 e. The third-order valence-corrected chi connectivity index (χ3v) is 5.07. The zero-order chi connectivity index (χ0) is 15.6. The number of anilines is 1. The predicted molar refractivity (Wildman–Crippen MR) is 86.3 cm³/mol. The topological polar surface area (TPSA) is 63.2 Å². The molecule has 0 aliphatic rings. The fourth-order valence-corrected chi connectivity index (χ4v) is 2.71. The summed E-state index contributed by atoms with van der Waals surface area (Å²) in [5.41, 5.74) is 1.96. The van der Waals surface area contributed by atoms with E-state index in [1.807, 2.05) is 6.92 Å². The van der Waals surface area contributed by atoms with Gasteiger partial charge in [0, 0.05) is 26.4 Å². The molecule has 1 N–H and O–H groups in total. The summed E-state index contributed by atoms with van der Waals surface area (Å²) >= 11 is 3.37. The smallest absolute Gasteiger partial charge is 0.261 e. The second-order valence-corrected chi connectivity index (χ2v) is 7.80. The zero-order valence-electron chi connectivity index (χ0n) is 10.9. The summed E-state index contributed by atoms with van der Waals surface area (Å²) in [6.45, 7) is 1.89. The molecular weight excluding hydrogens is 378 g/mol. The molecule has 0 saturated carbocycles. The first-order valence-electron chi connectivity index (χ1n) is 5.89. The molecule has 0 fully saturated rings. The van der Waals surface area contributed by atoms with Crippen LogP contribution in [-0.2, 0) is 9.05 Å². The van der Waals surface area contributed by atoms with E-state index in [0.29, 0.717) is 11.3 Å². The van der Waals surface area contributed by atoms with E-state index >= 15 is 0 Å². The van der Waals surface area contributed by atoms with Gasteiger partial charge in [0.15, 0.2) is 0 Å². The van der Waals surface area contributed by atoms with E-state index in [4.69, 9.17) is 10.7 Å². The van der Waals surface area contributed by atoms with Crippen molar-refractivity contribution in [1.82, 2.24) is 0 Å². The molecule has 21 heavy (non-hydrogen) atoms. The van der Waals surface area contributed by atoms with Crippen LogP contribution in [0.15, 0.2) is 51.8 Å². The van der Waals surface area contributed by atoms with Crippen molar-refractivity contribution in [2.75, 3.05) is 5.32 Å². The Hall–Kier alpha value is -1.37. The lowest BCUT2D eigenvalue weighted by molar-refractivity contribution is 0.102. The van der Waals surface area contributed by atoms with E-state index in [2.05, 4.69) is 21.2 Å². The Balaban J connectivity index is 2.18. The van der Waals surface area contributed by atoms with Crippen molar-refractivity contribution in [3.05, 3.63) is 58.1 Å². The lowest BCUT2D eigenvalue weighted by atomic mass is 10.1. The van der Waals surface area contributed by atoms with Crippen LogP contribution in [0, 0.1) is 6.92 Å². The first-order valence-corrected chi connectivity index (χ1v) is 9.00. The van der Waals surface area contributed by atoms with Crippen molar-refractivity contribution in [3.8, 4) is 0 Å². The molecule has 1 amide bonds. The molecule has 0 atom stereocenters. The van der Waals surface area contributed by atoms with E-state index in [0.717, 1.165) is 10.0 Å². The number of benzene rings is 2. The minimum absolute atomic E-state index is 0.0124. The molecule has 0 aliphatic carbocycles. The number of carbonyl (C=O) groups excluding carboxylic acids is 1. The van der Waals surface area contributed by atoms with Crippen molar-refractivity contribution >= 4 is 47.3 Å². The lowest BCUT2D eigenvalue weighted by Crippen LogP contribution is -2.12. The molecule has 110 valence electrons. The Labute approximate surface area is 135 Å². The third-order valence-electron chi connectivity index (χ3n) is 2.81. The van der Waals surface area contributed by atoms with Gasteiger partial charge in [-0.1, -0.05) is 15.9 Å². The molecule has 2 aromatic rings. The van der Waals surface area contributed by atoms with Gasteiger partial charge in [0.2, 0.25) is 0 Å². The number of halogens is 2. The molecule has 0 bridgehead atoms.